The van der Waals surface area contributed by atoms with E-state index in [2.05, 4.69) is 0 Å². The van der Waals surface area contributed by atoms with Gasteiger partial charge in [0.2, 0.25) is 0 Å². The maximum Gasteiger partial charge on any atom is 0.514 e. The molecular weight excluding hydrogens is 296 g/mol. The van der Waals surface area contributed by atoms with Crippen molar-refractivity contribution < 1.29 is 48.4 Å². The van der Waals surface area contributed by atoms with Gasteiger partial charge in [0.1, 0.15) is 0 Å². The van der Waals surface area contributed by atoms with Crippen LogP contribution in [0.3, 0.4) is 0 Å². The molecule has 0 fully saturated rings. The van der Waals surface area contributed by atoms with Crippen molar-refractivity contribution in [2.24, 2.45) is 0 Å². The largest absolute Gasteiger partial charge is 0.514 e. The Morgan fingerprint density at radius 1 is 0.750 bits per heavy atom. The number of halogens is 6. The van der Waals surface area contributed by atoms with Crippen molar-refractivity contribution in [3.8, 4) is 0 Å². The molecule has 0 aliphatic carbocycles. The number of alkyl halides is 6. The van der Waals surface area contributed by atoms with Crippen LogP contribution in [0.15, 0.2) is 0 Å². The van der Waals surface area contributed by atoms with E-state index in [4.69, 9.17) is 5.21 Å². The maximum absolute atomic E-state index is 11.6. The third kappa shape index (κ3) is 2.38. The highest BCUT2D eigenvalue weighted by Crippen LogP contribution is 2.33. The second kappa shape index (κ2) is 3.71. The van der Waals surface area contributed by atoms with Crippen LogP contribution in [0, 0.1) is 0 Å². The molecule has 0 unspecified atom stereocenters. The van der Waals surface area contributed by atoms with Crippen LogP contribution in [-0.2, 0) is 20.0 Å². The van der Waals surface area contributed by atoms with Gasteiger partial charge in [0, 0.05) is 3.87 Å². The Balaban J connectivity index is 5.70. The molecule has 0 rings (SSSR count). The Bertz CT molecular complexity index is 412. The van der Waals surface area contributed by atoms with Crippen molar-refractivity contribution in [3.05, 3.63) is 0 Å². The summed E-state index contributed by atoms with van der Waals surface area (Å²) in [4.78, 5) is 0. The van der Waals surface area contributed by atoms with Crippen LogP contribution >= 0.6 is 0 Å². The van der Waals surface area contributed by atoms with Crippen LogP contribution in [0.4, 0.5) is 26.3 Å². The Kier molecular flexibility index (Phi) is 3.57. The topological polar surface area (TPSA) is 91.8 Å². The third-order valence-electron chi connectivity index (χ3n) is 0.996. The minimum atomic E-state index is -7.04. The van der Waals surface area contributed by atoms with E-state index < -0.39 is 34.9 Å². The van der Waals surface area contributed by atoms with Crippen molar-refractivity contribution in [1.82, 2.24) is 3.87 Å². The SMILES string of the molecule is O=S(=O)(N(O)S(=O)(=O)C(F)(F)F)C(F)(F)F. The quantitative estimate of drug-likeness (QED) is 0.587. The van der Waals surface area contributed by atoms with E-state index in [-0.39, 0.29) is 0 Å². The van der Waals surface area contributed by atoms with Gasteiger partial charge in [-0.05, 0) is 0 Å². The molecule has 0 atom stereocenters. The van der Waals surface area contributed by atoms with Crippen LogP contribution in [0.1, 0.15) is 0 Å². The molecule has 1 N–H and O–H groups in total. The first-order valence-corrected chi connectivity index (χ1v) is 5.65. The molecule has 98 valence electrons. The van der Waals surface area contributed by atoms with Crippen LogP contribution in [-0.4, -0.2) is 36.9 Å². The summed E-state index contributed by atoms with van der Waals surface area (Å²) in [5.74, 6) is 0. The lowest BCUT2D eigenvalue weighted by atomic mass is 11.6. The number of sulfonamides is 2. The standard InChI is InChI=1S/C2HF6NO5S2/c3-1(4,5)15(11,12)9(10)16(13,14)2(6,7)8/h10H. The average Bonchev–Trinajstić information content (AvgIpc) is 1.98. The second-order valence-electron chi connectivity index (χ2n) is 2.08. The number of rotatable bonds is 2. The van der Waals surface area contributed by atoms with E-state index in [1.807, 2.05) is 0 Å². The van der Waals surface area contributed by atoms with Crippen molar-refractivity contribution in [2.75, 3.05) is 0 Å². The third-order valence-corrected chi connectivity index (χ3v) is 4.17. The van der Waals surface area contributed by atoms with Gasteiger partial charge in [0.25, 0.3) is 0 Å². The Hall–Kier alpha value is -0.600. The molecule has 0 spiro atoms. The summed E-state index contributed by atoms with van der Waals surface area (Å²) in [6.07, 6.45) is 0. The zero-order valence-electron chi connectivity index (χ0n) is 6.61. The summed E-state index contributed by atoms with van der Waals surface area (Å²) in [6.45, 7) is 0. The Morgan fingerprint density at radius 2 is 0.938 bits per heavy atom. The zero-order chi connectivity index (χ0) is 13.6. The molecule has 0 saturated heterocycles. The van der Waals surface area contributed by atoms with Crippen LogP contribution in [0.25, 0.3) is 0 Å². The van der Waals surface area contributed by atoms with Gasteiger partial charge in [0.05, 0.1) is 0 Å². The Morgan fingerprint density at radius 3 is 1.06 bits per heavy atom. The predicted octanol–water partition coefficient (Wildman–Crippen LogP) is 0.377. The van der Waals surface area contributed by atoms with E-state index in [1.54, 1.807) is 0 Å². The second-order valence-corrected chi connectivity index (χ2v) is 5.83. The molecule has 0 amide bonds. The summed E-state index contributed by atoms with van der Waals surface area (Å²) in [7, 11) is -14.1. The fraction of sp³-hybridized carbons (Fsp3) is 1.00. The summed E-state index contributed by atoms with van der Waals surface area (Å²) >= 11 is 0. The lowest BCUT2D eigenvalue weighted by Crippen LogP contribution is -2.47. The molecule has 0 aromatic carbocycles. The van der Waals surface area contributed by atoms with E-state index in [0.29, 0.717) is 0 Å². The molecule has 0 aromatic heterocycles. The highest BCUT2D eigenvalue weighted by Gasteiger charge is 2.61. The molecule has 14 heteroatoms. The first-order valence-electron chi connectivity index (χ1n) is 2.77. The summed E-state index contributed by atoms with van der Waals surface area (Å²) in [5, 5.41) is 7.99. The summed E-state index contributed by atoms with van der Waals surface area (Å²) in [5.41, 5.74) is -12.8. The molecule has 0 aromatic rings. The fourth-order valence-corrected chi connectivity index (χ4v) is 2.20. The number of hydrogen-bond acceptors (Lipinski definition) is 5. The highest BCUT2D eigenvalue weighted by atomic mass is 32.3. The fourth-order valence-electron chi connectivity index (χ4n) is 0.306. The lowest BCUT2D eigenvalue weighted by Gasteiger charge is -2.17. The average molecular weight is 297 g/mol. The zero-order valence-corrected chi connectivity index (χ0v) is 8.24. The van der Waals surface area contributed by atoms with Gasteiger partial charge in [-0.25, -0.2) is 0 Å². The van der Waals surface area contributed by atoms with Crippen LogP contribution in [0.2, 0.25) is 0 Å². The Labute approximate surface area is 84.1 Å². The monoisotopic (exact) mass is 297 g/mol. The van der Waals surface area contributed by atoms with Crippen molar-refractivity contribution in [3.63, 3.8) is 0 Å². The lowest BCUT2D eigenvalue weighted by molar-refractivity contribution is -0.0719. The molecule has 0 aliphatic heterocycles. The molecule has 0 heterocycles. The highest BCUT2D eigenvalue weighted by molar-refractivity contribution is 8.04. The maximum atomic E-state index is 11.6. The molecule has 6 nitrogen and oxygen atoms in total. The minimum absolute atomic E-state index is 2.76. The molecule has 0 aliphatic rings. The summed E-state index contributed by atoms with van der Waals surface area (Å²) < 4.78 is 107. The van der Waals surface area contributed by atoms with E-state index in [0.717, 1.165) is 0 Å². The summed E-state index contributed by atoms with van der Waals surface area (Å²) in [6, 6.07) is 0. The molecular formula is C2HF6NO5S2. The van der Waals surface area contributed by atoms with Gasteiger partial charge >= 0.3 is 31.1 Å². The van der Waals surface area contributed by atoms with Crippen molar-refractivity contribution in [1.29, 1.82) is 0 Å². The first kappa shape index (κ1) is 15.4. The van der Waals surface area contributed by atoms with Gasteiger partial charge in [-0.2, -0.15) is 43.2 Å². The smallest absolute Gasteiger partial charge is 0.285 e. The van der Waals surface area contributed by atoms with Gasteiger partial charge in [-0.1, -0.05) is 0 Å². The molecule has 0 bridgehead atoms. The molecule has 16 heavy (non-hydrogen) atoms. The van der Waals surface area contributed by atoms with Crippen LogP contribution < -0.4 is 0 Å². The van der Waals surface area contributed by atoms with E-state index in [9.17, 15) is 43.2 Å². The van der Waals surface area contributed by atoms with E-state index in [1.165, 1.54) is 0 Å². The normalized spacial score (nSPS) is 15.5. The number of nitrogens with zero attached hydrogens (tertiary/aromatic N) is 1. The van der Waals surface area contributed by atoms with Gasteiger partial charge < -0.3 is 0 Å². The van der Waals surface area contributed by atoms with Gasteiger partial charge in [-0.15, -0.1) is 0 Å². The first-order chi connectivity index (χ1) is 6.65. The van der Waals surface area contributed by atoms with Gasteiger partial charge in [0.15, 0.2) is 0 Å². The van der Waals surface area contributed by atoms with Crippen molar-refractivity contribution >= 4 is 20.0 Å². The molecule has 0 radical (unpaired) electrons. The van der Waals surface area contributed by atoms with Crippen molar-refractivity contribution in [2.45, 2.75) is 11.0 Å². The molecule has 0 saturated carbocycles. The van der Waals surface area contributed by atoms with Gasteiger partial charge in [-0.3, -0.25) is 5.21 Å². The minimum Gasteiger partial charge on any atom is -0.285 e. The van der Waals surface area contributed by atoms with E-state index >= 15 is 0 Å². The predicted molar refractivity (Wildman–Crippen MR) is 33.6 cm³/mol. The van der Waals surface area contributed by atoms with Crippen LogP contribution in [0.5, 0.6) is 0 Å². The number of hydrogen-bond donors (Lipinski definition) is 1.